The van der Waals surface area contributed by atoms with Crippen LogP contribution in [0.4, 0.5) is 0 Å². The molecule has 0 saturated heterocycles. The van der Waals surface area contributed by atoms with Gasteiger partial charge in [0, 0.05) is 31.6 Å². The van der Waals surface area contributed by atoms with E-state index in [0.29, 0.717) is 18.5 Å². The van der Waals surface area contributed by atoms with Crippen LogP contribution in [0.25, 0.3) is 10.8 Å². The van der Waals surface area contributed by atoms with Crippen molar-refractivity contribution in [2.24, 2.45) is 0 Å². The Bertz CT molecular complexity index is 755. The quantitative estimate of drug-likeness (QED) is 0.699. The molecule has 27 heavy (non-hydrogen) atoms. The Hall–Kier alpha value is -1.87. The fourth-order valence-electron chi connectivity index (χ4n) is 4.45. The molecule has 2 saturated carbocycles. The van der Waals surface area contributed by atoms with Crippen molar-refractivity contribution in [2.75, 3.05) is 6.54 Å². The lowest BCUT2D eigenvalue weighted by Gasteiger charge is -2.23. The lowest BCUT2D eigenvalue weighted by Crippen LogP contribution is -2.37. The number of amides is 1. The van der Waals surface area contributed by atoms with Gasteiger partial charge < -0.3 is 5.32 Å². The van der Waals surface area contributed by atoms with Gasteiger partial charge in [0.15, 0.2) is 0 Å². The summed E-state index contributed by atoms with van der Waals surface area (Å²) in [6.07, 6.45) is 10.7. The Morgan fingerprint density at radius 1 is 0.926 bits per heavy atom. The van der Waals surface area contributed by atoms with E-state index < -0.39 is 0 Å². The molecule has 3 nitrogen and oxygen atoms in total. The van der Waals surface area contributed by atoms with Crippen molar-refractivity contribution in [3.8, 4) is 0 Å². The highest BCUT2D eigenvalue weighted by Gasteiger charge is 2.29. The molecule has 3 heteroatoms. The van der Waals surface area contributed by atoms with Crippen molar-refractivity contribution >= 4 is 16.7 Å². The van der Waals surface area contributed by atoms with Gasteiger partial charge in [-0.1, -0.05) is 68.1 Å². The van der Waals surface area contributed by atoms with Gasteiger partial charge in [0.05, 0.1) is 0 Å². The average molecular weight is 365 g/mol. The van der Waals surface area contributed by atoms with Crippen molar-refractivity contribution in [3.05, 3.63) is 48.0 Å². The fourth-order valence-corrected chi connectivity index (χ4v) is 4.45. The predicted molar refractivity (Wildman–Crippen MR) is 112 cm³/mol. The van der Waals surface area contributed by atoms with Crippen molar-refractivity contribution < 1.29 is 4.79 Å². The number of hydrogen-bond acceptors (Lipinski definition) is 2. The first-order valence-corrected chi connectivity index (χ1v) is 10.8. The summed E-state index contributed by atoms with van der Waals surface area (Å²) in [4.78, 5) is 15.0. The molecular weight excluding hydrogens is 332 g/mol. The number of carbonyl (C=O) groups is 1. The molecule has 0 radical (unpaired) electrons. The van der Waals surface area contributed by atoms with Crippen LogP contribution in [0.3, 0.4) is 0 Å². The van der Waals surface area contributed by atoms with Gasteiger partial charge in [-0.3, -0.25) is 9.69 Å². The summed E-state index contributed by atoms with van der Waals surface area (Å²) in [5, 5.41) is 5.95. The smallest absolute Gasteiger partial charge is 0.221 e. The Balaban J connectivity index is 1.35. The molecule has 0 aliphatic heterocycles. The van der Waals surface area contributed by atoms with E-state index in [1.807, 2.05) is 0 Å². The van der Waals surface area contributed by atoms with E-state index in [2.05, 4.69) is 52.7 Å². The predicted octanol–water partition coefficient (Wildman–Crippen LogP) is 5.03. The van der Waals surface area contributed by atoms with Gasteiger partial charge >= 0.3 is 0 Å². The summed E-state index contributed by atoms with van der Waals surface area (Å²) in [5.41, 5.74) is 1.38. The molecule has 0 unspecified atom stereocenters. The number of nitrogens with one attached hydrogen (secondary N) is 1. The van der Waals surface area contributed by atoms with Crippen LogP contribution in [0.5, 0.6) is 0 Å². The first-order valence-electron chi connectivity index (χ1n) is 10.8. The maximum atomic E-state index is 12.5. The van der Waals surface area contributed by atoms with Crippen LogP contribution in [0.1, 0.15) is 63.4 Å². The highest BCUT2D eigenvalue weighted by molar-refractivity contribution is 5.85. The minimum Gasteiger partial charge on any atom is -0.353 e. The van der Waals surface area contributed by atoms with Crippen LogP contribution in [0.2, 0.25) is 0 Å². The number of rotatable bonds is 7. The molecule has 1 N–H and O–H groups in total. The molecule has 0 aromatic heterocycles. The molecule has 2 fully saturated rings. The Morgan fingerprint density at radius 2 is 1.67 bits per heavy atom. The Labute approximate surface area is 163 Å². The van der Waals surface area contributed by atoms with Gasteiger partial charge in [-0.25, -0.2) is 0 Å². The third-order valence-corrected chi connectivity index (χ3v) is 6.16. The van der Waals surface area contributed by atoms with Gasteiger partial charge in [0.25, 0.3) is 0 Å². The first-order chi connectivity index (χ1) is 13.3. The minimum absolute atomic E-state index is 0.241. The molecule has 2 aliphatic carbocycles. The van der Waals surface area contributed by atoms with E-state index in [-0.39, 0.29) is 5.91 Å². The van der Waals surface area contributed by atoms with E-state index in [4.69, 9.17) is 0 Å². The Morgan fingerprint density at radius 3 is 2.44 bits per heavy atom. The highest BCUT2D eigenvalue weighted by atomic mass is 16.1. The molecule has 0 atom stereocenters. The number of benzene rings is 2. The largest absolute Gasteiger partial charge is 0.353 e. The second-order valence-corrected chi connectivity index (χ2v) is 8.35. The molecule has 144 valence electrons. The molecule has 1 amide bonds. The minimum atomic E-state index is 0.241. The molecule has 2 aromatic carbocycles. The van der Waals surface area contributed by atoms with Crippen LogP contribution in [-0.2, 0) is 11.3 Å². The van der Waals surface area contributed by atoms with Gasteiger partial charge in [0.2, 0.25) is 5.91 Å². The van der Waals surface area contributed by atoms with Gasteiger partial charge in [-0.05, 0) is 42.0 Å². The normalized spacial score (nSPS) is 18.6. The lowest BCUT2D eigenvalue weighted by molar-refractivity contribution is -0.122. The maximum Gasteiger partial charge on any atom is 0.221 e. The summed E-state index contributed by atoms with van der Waals surface area (Å²) < 4.78 is 0. The molecular formula is C24H32N2O. The number of nitrogens with zero attached hydrogens (tertiary/aromatic N) is 1. The second kappa shape index (κ2) is 8.88. The highest BCUT2D eigenvalue weighted by Crippen LogP contribution is 2.30. The number of hydrogen-bond donors (Lipinski definition) is 1. The third-order valence-electron chi connectivity index (χ3n) is 6.16. The van der Waals surface area contributed by atoms with Gasteiger partial charge in [0.1, 0.15) is 0 Å². The summed E-state index contributed by atoms with van der Waals surface area (Å²) >= 11 is 0. The Kier molecular flexibility index (Phi) is 6.08. The molecule has 2 aliphatic rings. The van der Waals surface area contributed by atoms with E-state index in [0.717, 1.165) is 25.9 Å². The van der Waals surface area contributed by atoms with Crippen molar-refractivity contribution in [1.82, 2.24) is 10.2 Å². The molecule has 0 spiro atoms. The van der Waals surface area contributed by atoms with Crippen LogP contribution >= 0.6 is 0 Å². The molecule has 0 bridgehead atoms. The van der Waals surface area contributed by atoms with Crippen molar-refractivity contribution in [2.45, 2.75) is 76.4 Å². The monoisotopic (exact) mass is 364 g/mol. The molecule has 2 aromatic rings. The van der Waals surface area contributed by atoms with E-state index in [9.17, 15) is 4.79 Å². The van der Waals surface area contributed by atoms with E-state index in [1.165, 1.54) is 54.9 Å². The lowest BCUT2D eigenvalue weighted by atomic mass is 10.0. The maximum absolute atomic E-state index is 12.5. The second-order valence-electron chi connectivity index (χ2n) is 8.35. The average Bonchev–Trinajstić information content (AvgIpc) is 3.53. The molecule has 0 heterocycles. The number of carbonyl (C=O) groups excluding carboxylic acids is 1. The van der Waals surface area contributed by atoms with Crippen LogP contribution < -0.4 is 5.32 Å². The van der Waals surface area contributed by atoms with E-state index in [1.54, 1.807) is 0 Å². The number of fused-ring (bicyclic) bond motifs is 1. The summed E-state index contributed by atoms with van der Waals surface area (Å²) in [5.74, 6) is 0.241. The van der Waals surface area contributed by atoms with Crippen molar-refractivity contribution in [3.63, 3.8) is 0 Å². The summed E-state index contributed by atoms with van der Waals surface area (Å²) in [6, 6.07) is 16.3. The zero-order valence-corrected chi connectivity index (χ0v) is 16.3. The summed E-state index contributed by atoms with van der Waals surface area (Å²) in [7, 11) is 0. The van der Waals surface area contributed by atoms with Gasteiger partial charge in [-0.15, -0.1) is 0 Å². The third kappa shape index (κ3) is 5.10. The first kappa shape index (κ1) is 18.5. The van der Waals surface area contributed by atoms with Crippen LogP contribution in [0, 0.1) is 0 Å². The van der Waals surface area contributed by atoms with Crippen LogP contribution in [-0.4, -0.2) is 29.4 Å². The molecule has 4 rings (SSSR count). The van der Waals surface area contributed by atoms with Crippen LogP contribution in [0.15, 0.2) is 42.5 Å². The van der Waals surface area contributed by atoms with Gasteiger partial charge in [-0.2, -0.15) is 0 Å². The fraction of sp³-hybridized carbons (Fsp3) is 0.542. The summed E-state index contributed by atoms with van der Waals surface area (Å²) in [6.45, 7) is 1.81. The SMILES string of the molecule is O=C(CCN(Cc1cccc2ccccc12)C1CC1)NC1CCCCCC1. The zero-order valence-electron chi connectivity index (χ0n) is 16.3. The zero-order chi connectivity index (χ0) is 18.5. The topological polar surface area (TPSA) is 32.3 Å². The standard InChI is InChI=1S/C24H32N2O/c27-24(25-21-11-3-1-2-4-12-21)16-17-26(22-14-15-22)18-20-10-7-9-19-8-5-6-13-23(19)20/h5-10,13,21-22H,1-4,11-12,14-18H2,(H,25,27). The van der Waals surface area contributed by atoms with E-state index >= 15 is 0 Å². The van der Waals surface area contributed by atoms with Crippen molar-refractivity contribution in [1.29, 1.82) is 0 Å².